The van der Waals surface area contributed by atoms with E-state index in [0.717, 1.165) is 21.5 Å². The Labute approximate surface area is 302 Å². The summed E-state index contributed by atoms with van der Waals surface area (Å²) >= 11 is 0. The lowest BCUT2D eigenvalue weighted by atomic mass is 9.98. The van der Waals surface area contributed by atoms with Gasteiger partial charge in [0.15, 0.2) is 23.0 Å². The second-order valence-electron chi connectivity index (χ2n) is 12.0. The zero-order valence-corrected chi connectivity index (χ0v) is 31.8. The largest absolute Gasteiger partial charge is 0.493 e. The smallest absolute Gasteiger partial charge is 0.273 e. The van der Waals surface area contributed by atoms with Gasteiger partial charge in [0.2, 0.25) is 0 Å². The van der Waals surface area contributed by atoms with Gasteiger partial charge in [-0.3, -0.25) is 0 Å². The van der Waals surface area contributed by atoms with E-state index in [1.807, 2.05) is 60.7 Å². The van der Waals surface area contributed by atoms with Gasteiger partial charge in [0.25, 0.3) is 20.0 Å². The molecule has 0 amide bonds. The maximum Gasteiger partial charge on any atom is 0.273 e. The maximum atomic E-state index is 15.4. The van der Waals surface area contributed by atoms with Gasteiger partial charge in [0.1, 0.15) is 8.00 Å². The third-order valence-corrected chi connectivity index (χ3v) is 15.9. The van der Waals surface area contributed by atoms with Crippen molar-refractivity contribution in [1.82, 2.24) is 7.47 Å². The van der Waals surface area contributed by atoms with E-state index in [4.69, 9.17) is 18.9 Å². The third kappa shape index (κ3) is 5.52. The fourth-order valence-corrected chi connectivity index (χ4v) is 13.8. The van der Waals surface area contributed by atoms with Gasteiger partial charge < -0.3 is 18.9 Å². The number of rotatable bonds is 9. The first-order valence-corrected chi connectivity index (χ1v) is 20.1. The van der Waals surface area contributed by atoms with E-state index in [1.54, 1.807) is 30.9 Å². The summed E-state index contributed by atoms with van der Waals surface area (Å²) in [7, 11) is -2.45. The predicted molar refractivity (Wildman–Crippen MR) is 207 cm³/mol. The normalized spacial score (nSPS) is 12.1. The number of hydrogen-bond donors (Lipinski definition) is 0. The summed E-state index contributed by atoms with van der Waals surface area (Å²) in [4.78, 5) is -0.226. The van der Waals surface area contributed by atoms with E-state index in [-0.39, 0.29) is 21.3 Å². The Hall–Kier alpha value is -5.20. The van der Waals surface area contributed by atoms with Crippen molar-refractivity contribution in [3.63, 3.8) is 0 Å². The van der Waals surface area contributed by atoms with Crippen LogP contribution in [0, 0.1) is 0 Å². The molecular formula is C38H36N3O8PS2. The molecule has 0 aliphatic carbocycles. The van der Waals surface area contributed by atoms with Gasteiger partial charge in [-0.2, -0.15) is 7.47 Å². The van der Waals surface area contributed by atoms with Crippen molar-refractivity contribution in [2.45, 2.75) is 9.79 Å². The lowest BCUT2D eigenvalue weighted by molar-refractivity contribution is 0.354. The average Bonchev–Trinajstić information content (AvgIpc) is 3.31. The molecule has 0 N–H and O–H groups in total. The highest BCUT2D eigenvalue weighted by Crippen LogP contribution is 2.46. The van der Waals surface area contributed by atoms with E-state index in [9.17, 15) is 0 Å². The molecule has 0 fully saturated rings. The van der Waals surface area contributed by atoms with Crippen LogP contribution in [0.1, 0.15) is 0 Å². The van der Waals surface area contributed by atoms with Crippen molar-refractivity contribution in [2.24, 2.45) is 0 Å². The summed E-state index contributed by atoms with van der Waals surface area (Å²) < 4.78 is 87.6. The fraction of sp³-hybridized carbons (Fsp3) is 0.158. The Kier molecular flexibility index (Phi) is 9.08. The number of aromatic nitrogens is 2. The predicted octanol–water partition coefficient (Wildman–Crippen LogP) is 7.72. The van der Waals surface area contributed by atoms with Gasteiger partial charge in [-0.15, -0.1) is 0 Å². The number of fused-ring (bicyclic) bond motifs is 7. The van der Waals surface area contributed by atoms with E-state index < -0.39 is 28.0 Å². The lowest BCUT2D eigenvalue weighted by Gasteiger charge is -2.24. The SMILES string of the molecule is COc1ccc(S(=O)(=O)n2c3ccc4ccccc4c3c3c4ccccc4ccc3n(S(=O)(=O)c3ccc(OC)c(OC)c3)p2N(C)C)cc1OC. The van der Waals surface area contributed by atoms with Gasteiger partial charge in [0.05, 0.1) is 49.3 Å². The third-order valence-electron chi connectivity index (χ3n) is 8.92. The minimum atomic E-state index is -4.55. The van der Waals surface area contributed by atoms with Crippen LogP contribution in [0.2, 0.25) is 0 Å². The number of hydrogen-bond acceptors (Lipinski definition) is 9. The van der Waals surface area contributed by atoms with Crippen LogP contribution >= 0.6 is 8.00 Å². The zero-order valence-electron chi connectivity index (χ0n) is 29.3. The van der Waals surface area contributed by atoms with Crippen molar-refractivity contribution < 1.29 is 35.8 Å². The number of nitrogens with zero attached hydrogens (tertiary/aromatic N) is 3. The van der Waals surface area contributed by atoms with Crippen LogP contribution < -0.4 is 23.6 Å². The molecule has 0 aliphatic heterocycles. The first kappa shape index (κ1) is 35.2. The zero-order chi connectivity index (χ0) is 36.9. The van der Waals surface area contributed by atoms with Crippen molar-refractivity contribution in [3.05, 3.63) is 109 Å². The van der Waals surface area contributed by atoms with Crippen LogP contribution in [0.5, 0.6) is 23.0 Å². The van der Waals surface area contributed by atoms with Crippen LogP contribution in [0.3, 0.4) is 0 Å². The standard InChI is InChI=1S/C38H36N3O8PS2/c1-39(2)50-40(51(42,43)27-17-21-33(46-3)35(23-27)48-5)31-19-15-25-11-7-9-13-29(25)37(31)38-30-14-10-8-12-26(30)16-20-32(38)41(50)52(44,45)28-18-22-34(47-4)36(24-28)49-6/h7-24H,1-6H3. The lowest BCUT2D eigenvalue weighted by Crippen LogP contribution is -2.24. The highest BCUT2D eigenvalue weighted by molar-refractivity contribution is 7.96. The Morgan fingerprint density at radius 1 is 0.500 bits per heavy atom. The molecule has 0 atom stereocenters. The van der Waals surface area contributed by atoms with E-state index in [1.165, 1.54) is 72.3 Å². The van der Waals surface area contributed by atoms with E-state index in [0.29, 0.717) is 33.3 Å². The minimum Gasteiger partial charge on any atom is -0.493 e. The summed E-state index contributed by atoms with van der Waals surface area (Å²) in [5.74, 6) is 1.09. The summed E-state index contributed by atoms with van der Waals surface area (Å²) in [6.45, 7) is 0. The average molecular weight is 758 g/mol. The molecule has 1 aromatic heterocycles. The summed E-state index contributed by atoms with van der Waals surface area (Å²) in [5, 5.41) is 4.37. The molecule has 0 spiro atoms. The summed E-state index contributed by atoms with van der Waals surface area (Å²) in [6.07, 6.45) is 0. The molecule has 0 saturated heterocycles. The maximum absolute atomic E-state index is 15.4. The monoisotopic (exact) mass is 757 g/mol. The molecule has 14 heteroatoms. The second-order valence-corrected chi connectivity index (χ2v) is 18.3. The van der Waals surface area contributed by atoms with E-state index >= 15 is 16.8 Å². The van der Waals surface area contributed by atoms with Crippen LogP contribution in [0.15, 0.2) is 119 Å². The number of methoxy groups -OCH3 is 4. The van der Waals surface area contributed by atoms with Gasteiger partial charge in [-0.1, -0.05) is 60.7 Å². The van der Waals surface area contributed by atoms with Crippen LogP contribution in [0.25, 0.3) is 43.4 Å². The molecule has 0 radical (unpaired) electrons. The molecule has 0 bridgehead atoms. The first-order chi connectivity index (χ1) is 25.0. The van der Waals surface area contributed by atoms with Crippen LogP contribution in [0.4, 0.5) is 0 Å². The molecule has 7 rings (SSSR count). The molecule has 52 heavy (non-hydrogen) atoms. The molecule has 7 aromatic rings. The van der Waals surface area contributed by atoms with Crippen molar-refractivity contribution in [1.29, 1.82) is 0 Å². The molecule has 0 saturated carbocycles. The minimum absolute atomic E-state index is 0.113. The van der Waals surface area contributed by atoms with Crippen molar-refractivity contribution in [3.8, 4) is 23.0 Å². The van der Waals surface area contributed by atoms with Crippen LogP contribution in [-0.2, 0) is 20.0 Å². The van der Waals surface area contributed by atoms with Crippen molar-refractivity contribution >= 4 is 71.4 Å². The van der Waals surface area contributed by atoms with Gasteiger partial charge >= 0.3 is 0 Å². The quantitative estimate of drug-likeness (QED) is 0.146. The highest BCUT2D eigenvalue weighted by atomic mass is 32.2. The first-order valence-electron chi connectivity index (χ1n) is 16.0. The molecule has 0 unspecified atom stereocenters. The Morgan fingerprint density at radius 2 is 0.885 bits per heavy atom. The fourth-order valence-electron chi connectivity index (χ4n) is 6.56. The van der Waals surface area contributed by atoms with Crippen molar-refractivity contribution in [2.75, 3.05) is 47.2 Å². The summed E-state index contributed by atoms with van der Waals surface area (Å²) in [6, 6.07) is 31.3. The topological polar surface area (TPSA) is 118 Å². The Morgan fingerprint density at radius 3 is 1.25 bits per heavy atom. The van der Waals surface area contributed by atoms with Gasteiger partial charge in [0, 0.05) is 22.9 Å². The van der Waals surface area contributed by atoms with E-state index in [2.05, 4.69) is 0 Å². The molecule has 0 aliphatic rings. The number of ether oxygens (including phenoxy) is 4. The van der Waals surface area contributed by atoms with Gasteiger partial charge in [-0.25, -0.2) is 21.5 Å². The number of benzene rings is 6. The molecular weight excluding hydrogens is 722 g/mol. The van der Waals surface area contributed by atoms with Gasteiger partial charge in [-0.05, 0) is 72.0 Å². The molecule has 11 nitrogen and oxygen atoms in total. The van der Waals surface area contributed by atoms with Crippen LogP contribution in [-0.4, -0.2) is 66.8 Å². The highest BCUT2D eigenvalue weighted by Gasteiger charge is 2.32. The Bertz CT molecular complexity index is 2630. The second kappa shape index (κ2) is 13.4. The molecule has 268 valence electrons. The Balaban J connectivity index is 1.82. The molecule has 6 aromatic carbocycles. The molecule has 1 heterocycles. The summed E-state index contributed by atoms with van der Waals surface area (Å²) in [5.41, 5.74) is 0.631.